The molecule has 0 N–H and O–H groups in total. The molecule has 0 radical (unpaired) electrons. The highest BCUT2D eigenvalue weighted by Gasteiger charge is 2.34. The first-order valence-corrected chi connectivity index (χ1v) is 13.0. The van der Waals surface area contributed by atoms with Gasteiger partial charge in [0.25, 0.3) is 0 Å². The zero-order valence-corrected chi connectivity index (χ0v) is 19.9. The third kappa shape index (κ3) is 5.75. The van der Waals surface area contributed by atoms with Crippen LogP contribution < -0.4 is 4.74 Å². The number of carbonyl (C=O) groups excluding carboxylic acids is 1. The van der Waals surface area contributed by atoms with E-state index in [4.69, 9.17) is 9.47 Å². The number of amides is 1. The van der Waals surface area contributed by atoms with Crippen LogP contribution in [0.15, 0.2) is 59.5 Å². The van der Waals surface area contributed by atoms with E-state index in [2.05, 4.69) is 0 Å². The molecule has 0 aliphatic carbocycles. The molecule has 2 fully saturated rings. The molecule has 7 nitrogen and oxygen atoms in total. The van der Waals surface area contributed by atoms with Crippen LogP contribution in [0.5, 0.6) is 5.75 Å². The summed E-state index contributed by atoms with van der Waals surface area (Å²) in [4.78, 5) is 15.6. The predicted molar refractivity (Wildman–Crippen MR) is 125 cm³/mol. The maximum absolute atomic E-state index is 13.5. The summed E-state index contributed by atoms with van der Waals surface area (Å²) in [5.41, 5.74) is 1.09. The summed E-state index contributed by atoms with van der Waals surface area (Å²) in [5, 5.41) is 0. The monoisotopic (exact) mass is 472 g/mol. The highest BCUT2D eigenvalue weighted by atomic mass is 32.2. The van der Waals surface area contributed by atoms with Crippen LogP contribution >= 0.6 is 0 Å². The van der Waals surface area contributed by atoms with Gasteiger partial charge in [-0.25, -0.2) is 8.42 Å². The summed E-state index contributed by atoms with van der Waals surface area (Å²) in [6.07, 6.45) is 3.11. The molecule has 1 unspecified atom stereocenters. The van der Waals surface area contributed by atoms with Crippen LogP contribution in [0.2, 0.25) is 0 Å². The zero-order valence-electron chi connectivity index (χ0n) is 19.1. The molecule has 1 amide bonds. The van der Waals surface area contributed by atoms with Gasteiger partial charge in [0, 0.05) is 38.7 Å². The second-order valence-corrected chi connectivity index (χ2v) is 10.6. The van der Waals surface area contributed by atoms with E-state index in [-0.39, 0.29) is 22.8 Å². The topological polar surface area (TPSA) is 76.2 Å². The summed E-state index contributed by atoms with van der Waals surface area (Å²) >= 11 is 0. The number of carbonyl (C=O) groups is 1. The fourth-order valence-corrected chi connectivity index (χ4v) is 6.04. The number of hydrogen-bond acceptors (Lipinski definition) is 5. The molecular weight excluding hydrogens is 440 g/mol. The molecule has 4 rings (SSSR count). The van der Waals surface area contributed by atoms with Gasteiger partial charge in [-0.15, -0.1) is 0 Å². The van der Waals surface area contributed by atoms with Crippen LogP contribution in [0.1, 0.15) is 31.2 Å². The van der Waals surface area contributed by atoms with E-state index in [1.807, 2.05) is 35.2 Å². The number of rotatable bonds is 8. The number of ether oxygens (including phenoxy) is 2. The average molecular weight is 473 g/mol. The lowest BCUT2D eigenvalue weighted by Gasteiger charge is -2.34. The second kappa shape index (κ2) is 10.7. The minimum Gasteiger partial charge on any atom is -0.497 e. The van der Waals surface area contributed by atoms with Crippen molar-refractivity contribution in [3.05, 3.63) is 60.2 Å². The van der Waals surface area contributed by atoms with Gasteiger partial charge in [0.1, 0.15) is 5.75 Å². The van der Waals surface area contributed by atoms with Crippen molar-refractivity contribution in [3.63, 3.8) is 0 Å². The number of piperidine rings is 1. The lowest BCUT2D eigenvalue weighted by atomic mass is 9.96. The van der Waals surface area contributed by atoms with Crippen molar-refractivity contribution in [2.45, 2.75) is 43.2 Å². The smallest absolute Gasteiger partial charge is 0.243 e. The van der Waals surface area contributed by atoms with E-state index in [1.165, 1.54) is 4.31 Å². The molecule has 2 heterocycles. The first kappa shape index (κ1) is 23.7. The number of nitrogens with zero attached hydrogens (tertiary/aromatic N) is 2. The van der Waals surface area contributed by atoms with Gasteiger partial charge < -0.3 is 14.4 Å². The Kier molecular flexibility index (Phi) is 7.67. The fourth-order valence-electron chi connectivity index (χ4n) is 4.57. The number of benzene rings is 2. The van der Waals surface area contributed by atoms with Crippen molar-refractivity contribution in [2.75, 3.05) is 33.4 Å². The summed E-state index contributed by atoms with van der Waals surface area (Å²) in [5.74, 6) is 0.524. The summed E-state index contributed by atoms with van der Waals surface area (Å²) in [6.45, 7) is 2.55. The van der Waals surface area contributed by atoms with Crippen LogP contribution in [0.3, 0.4) is 0 Å². The van der Waals surface area contributed by atoms with Gasteiger partial charge in [0.2, 0.25) is 15.9 Å². The first-order chi connectivity index (χ1) is 16.0. The molecule has 2 aromatic rings. The standard InChI is InChI=1S/C25H32N2O5S/c1-31-22-9-11-24(12-10-22)33(29,30)27-15-13-21(14-16-27)25(28)26(19-23-8-5-17-32-23)18-20-6-3-2-4-7-20/h2-4,6-7,9-12,21,23H,5,8,13-19H2,1H3. The molecule has 8 heteroatoms. The Morgan fingerprint density at radius 3 is 2.36 bits per heavy atom. The van der Waals surface area contributed by atoms with Gasteiger partial charge in [-0.2, -0.15) is 4.31 Å². The van der Waals surface area contributed by atoms with Crippen LogP contribution in [0.4, 0.5) is 0 Å². The third-order valence-corrected chi connectivity index (χ3v) is 8.39. The molecular formula is C25H32N2O5S. The molecule has 2 aromatic carbocycles. The second-order valence-electron chi connectivity index (χ2n) is 8.69. The Balaban J connectivity index is 1.41. The predicted octanol–water partition coefficient (Wildman–Crippen LogP) is 3.30. The van der Waals surface area contributed by atoms with Gasteiger partial charge in [0.05, 0.1) is 18.1 Å². The number of methoxy groups -OCH3 is 1. The molecule has 178 valence electrons. The van der Waals surface area contributed by atoms with E-state index in [9.17, 15) is 13.2 Å². The van der Waals surface area contributed by atoms with Crippen molar-refractivity contribution < 1.29 is 22.7 Å². The maximum atomic E-state index is 13.5. The van der Waals surface area contributed by atoms with Crippen LogP contribution in [0, 0.1) is 5.92 Å². The third-order valence-electron chi connectivity index (χ3n) is 6.48. The number of sulfonamides is 1. The largest absolute Gasteiger partial charge is 0.497 e. The molecule has 2 aliphatic heterocycles. The highest BCUT2D eigenvalue weighted by Crippen LogP contribution is 2.27. The molecule has 2 saturated heterocycles. The molecule has 0 aromatic heterocycles. The fraction of sp³-hybridized carbons (Fsp3) is 0.480. The Morgan fingerprint density at radius 1 is 1.06 bits per heavy atom. The quantitative estimate of drug-likeness (QED) is 0.589. The van der Waals surface area contributed by atoms with Crippen molar-refractivity contribution >= 4 is 15.9 Å². The SMILES string of the molecule is COc1ccc(S(=O)(=O)N2CCC(C(=O)N(Cc3ccccc3)CC3CCCO3)CC2)cc1. The van der Waals surface area contributed by atoms with Gasteiger partial charge in [-0.1, -0.05) is 30.3 Å². The first-order valence-electron chi connectivity index (χ1n) is 11.6. The molecule has 1 atom stereocenters. The van der Waals surface area contributed by atoms with Gasteiger partial charge >= 0.3 is 0 Å². The molecule has 0 spiro atoms. The van der Waals surface area contributed by atoms with Crippen molar-refractivity contribution in [2.24, 2.45) is 5.92 Å². The zero-order chi connectivity index (χ0) is 23.3. The maximum Gasteiger partial charge on any atom is 0.243 e. The lowest BCUT2D eigenvalue weighted by molar-refractivity contribution is -0.139. The Bertz CT molecular complexity index is 1010. The lowest BCUT2D eigenvalue weighted by Crippen LogP contribution is -2.45. The van der Waals surface area contributed by atoms with E-state index >= 15 is 0 Å². The van der Waals surface area contributed by atoms with Crippen molar-refractivity contribution in [1.82, 2.24) is 9.21 Å². The normalized spacial score (nSPS) is 20.0. The van der Waals surface area contributed by atoms with Gasteiger partial charge in [-0.05, 0) is 55.5 Å². The Labute approximate surface area is 196 Å². The molecule has 0 bridgehead atoms. The van der Waals surface area contributed by atoms with E-state index in [0.29, 0.717) is 44.8 Å². The Morgan fingerprint density at radius 2 is 1.76 bits per heavy atom. The highest BCUT2D eigenvalue weighted by molar-refractivity contribution is 7.89. The summed E-state index contributed by atoms with van der Waals surface area (Å²) < 4.78 is 38.5. The van der Waals surface area contributed by atoms with Crippen LogP contribution in [-0.2, 0) is 26.1 Å². The minimum absolute atomic E-state index is 0.0770. The molecule has 2 aliphatic rings. The number of hydrogen-bond donors (Lipinski definition) is 0. The van der Waals surface area contributed by atoms with Crippen molar-refractivity contribution in [1.29, 1.82) is 0 Å². The van der Waals surface area contributed by atoms with E-state index in [1.54, 1.807) is 31.4 Å². The van der Waals surface area contributed by atoms with E-state index < -0.39 is 10.0 Å². The molecule has 0 saturated carbocycles. The summed E-state index contributed by atoms with van der Waals surface area (Å²) in [6, 6.07) is 16.4. The van der Waals surface area contributed by atoms with Gasteiger partial charge in [-0.3, -0.25) is 4.79 Å². The summed E-state index contributed by atoms with van der Waals surface area (Å²) in [7, 11) is -2.04. The van der Waals surface area contributed by atoms with Gasteiger partial charge in [0.15, 0.2) is 0 Å². The van der Waals surface area contributed by atoms with Crippen LogP contribution in [0.25, 0.3) is 0 Å². The minimum atomic E-state index is -3.59. The Hall–Kier alpha value is -2.42. The van der Waals surface area contributed by atoms with E-state index in [0.717, 1.165) is 25.0 Å². The van der Waals surface area contributed by atoms with Crippen LogP contribution in [-0.4, -0.2) is 63.0 Å². The van der Waals surface area contributed by atoms with Crippen molar-refractivity contribution in [3.8, 4) is 5.75 Å². The average Bonchev–Trinajstić information content (AvgIpc) is 3.37. The molecule has 33 heavy (non-hydrogen) atoms.